The summed E-state index contributed by atoms with van der Waals surface area (Å²) in [6.07, 6.45) is 0.484. The Hall–Kier alpha value is -3.26. The molecule has 2 N–H and O–H groups in total. The third-order valence-corrected chi connectivity index (χ3v) is 3.99. The fourth-order valence-corrected chi connectivity index (χ4v) is 2.63. The summed E-state index contributed by atoms with van der Waals surface area (Å²) in [6, 6.07) is 8.76. The van der Waals surface area contributed by atoms with Crippen LogP contribution in [0.15, 0.2) is 42.5 Å². The van der Waals surface area contributed by atoms with Crippen LogP contribution in [0.5, 0.6) is 0 Å². The Morgan fingerprint density at radius 2 is 1.89 bits per heavy atom. The number of carbonyl (C=O) groups excluding carboxylic acids is 2. The number of carbonyl (C=O) groups is 2. The van der Waals surface area contributed by atoms with E-state index >= 15 is 0 Å². The van der Waals surface area contributed by atoms with E-state index in [1.54, 1.807) is 24.3 Å². The van der Waals surface area contributed by atoms with Crippen molar-refractivity contribution in [2.75, 3.05) is 12.4 Å². The minimum Gasteiger partial charge on any atom is -0.341 e. The lowest BCUT2D eigenvalue weighted by Gasteiger charge is -2.10. The van der Waals surface area contributed by atoms with Gasteiger partial charge in [-0.15, -0.1) is 0 Å². The van der Waals surface area contributed by atoms with Crippen LogP contribution in [0.25, 0.3) is 17.1 Å². The number of aldehydes is 1. The molecule has 0 fully saturated rings. The van der Waals surface area contributed by atoms with E-state index in [2.05, 4.69) is 15.6 Å². The molecule has 27 heavy (non-hydrogen) atoms. The molecule has 3 aromatic rings. The molecule has 0 unspecified atom stereocenters. The van der Waals surface area contributed by atoms with Crippen LogP contribution in [0.2, 0.25) is 5.02 Å². The maximum absolute atomic E-state index is 14.4. The molecule has 2 amide bonds. The second-order valence-corrected chi connectivity index (χ2v) is 5.86. The number of benzene rings is 2. The fourth-order valence-electron chi connectivity index (χ4n) is 2.51. The third-order valence-electron chi connectivity index (χ3n) is 3.74. The van der Waals surface area contributed by atoms with Gasteiger partial charge in [-0.2, -0.15) is 0 Å². The first-order valence-corrected chi connectivity index (χ1v) is 8.10. The van der Waals surface area contributed by atoms with Gasteiger partial charge in [-0.1, -0.05) is 11.6 Å². The quantitative estimate of drug-likeness (QED) is 0.660. The lowest BCUT2D eigenvalue weighted by Crippen LogP contribution is -2.25. The molecular formula is C18H13ClF2N4O2. The predicted molar refractivity (Wildman–Crippen MR) is 97.4 cm³/mol. The number of anilines is 1. The van der Waals surface area contributed by atoms with Crippen LogP contribution in [0.3, 0.4) is 0 Å². The van der Waals surface area contributed by atoms with Gasteiger partial charge in [0, 0.05) is 23.8 Å². The number of urea groups is 1. The monoisotopic (exact) mass is 390 g/mol. The molecule has 0 radical (unpaired) electrons. The second-order valence-electron chi connectivity index (χ2n) is 5.43. The molecule has 0 aliphatic rings. The van der Waals surface area contributed by atoms with Gasteiger partial charge in [0.2, 0.25) is 0 Å². The molecule has 138 valence electrons. The summed E-state index contributed by atoms with van der Waals surface area (Å²) in [6.45, 7) is 0. The Bertz CT molecular complexity index is 1020. The van der Waals surface area contributed by atoms with Crippen LogP contribution < -0.4 is 10.6 Å². The predicted octanol–water partition coefficient (Wildman–Crippen LogP) is 4.03. The summed E-state index contributed by atoms with van der Waals surface area (Å²) in [7, 11) is 1.40. The minimum atomic E-state index is -0.862. The van der Waals surface area contributed by atoms with Crippen LogP contribution in [-0.2, 0) is 0 Å². The number of rotatable bonds is 4. The van der Waals surface area contributed by atoms with Crippen molar-refractivity contribution in [1.82, 2.24) is 14.9 Å². The van der Waals surface area contributed by atoms with Gasteiger partial charge in [0.15, 0.2) is 17.9 Å². The molecule has 2 aromatic carbocycles. The van der Waals surface area contributed by atoms with E-state index in [9.17, 15) is 18.4 Å². The van der Waals surface area contributed by atoms with Crippen molar-refractivity contribution in [2.24, 2.45) is 0 Å². The molecule has 0 aliphatic heterocycles. The first-order valence-electron chi connectivity index (χ1n) is 7.72. The number of nitrogens with zero attached hydrogens (tertiary/aromatic N) is 2. The molecule has 0 bridgehead atoms. The van der Waals surface area contributed by atoms with Gasteiger partial charge in [0.25, 0.3) is 0 Å². The first-order chi connectivity index (χ1) is 12.9. The number of nitrogens with one attached hydrogen (secondary N) is 2. The van der Waals surface area contributed by atoms with Gasteiger partial charge in [-0.25, -0.2) is 18.6 Å². The summed E-state index contributed by atoms with van der Waals surface area (Å²) >= 11 is 5.90. The van der Waals surface area contributed by atoms with Crippen molar-refractivity contribution in [3.05, 3.63) is 64.8 Å². The van der Waals surface area contributed by atoms with Gasteiger partial charge in [-0.05, 0) is 36.4 Å². The van der Waals surface area contributed by atoms with E-state index in [0.29, 0.717) is 23.1 Å². The molecule has 0 spiro atoms. The van der Waals surface area contributed by atoms with Gasteiger partial charge >= 0.3 is 6.03 Å². The zero-order valence-corrected chi connectivity index (χ0v) is 14.7. The van der Waals surface area contributed by atoms with E-state index in [1.807, 2.05) is 0 Å². The maximum Gasteiger partial charge on any atom is 0.320 e. The van der Waals surface area contributed by atoms with Crippen molar-refractivity contribution in [3.63, 3.8) is 0 Å². The standard InChI is InChI=1S/C18H13ClF2N4O2/c1-22-18(27)24-16-15(9-26)25(12-5-2-10(19)3-6-12)17(23-16)13-7-4-11(20)8-14(13)21/h2-9H,1H3,(H2,22,24,27). The summed E-state index contributed by atoms with van der Waals surface area (Å²) in [5, 5.41) is 5.22. The van der Waals surface area contributed by atoms with Crippen molar-refractivity contribution in [2.45, 2.75) is 0 Å². The van der Waals surface area contributed by atoms with Crippen LogP contribution in [0.1, 0.15) is 10.5 Å². The normalized spacial score (nSPS) is 10.5. The van der Waals surface area contributed by atoms with Crippen LogP contribution >= 0.6 is 11.6 Å². The number of amides is 2. The summed E-state index contributed by atoms with van der Waals surface area (Å²) < 4.78 is 29.0. The van der Waals surface area contributed by atoms with Crippen LogP contribution in [0.4, 0.5) is 19.4 Å². The SMILES string of the molecule is CNC(=O)Nc1nc(-c2ccc(F)cc2F)n(-c2ccc(Cl)cc2)c1C=O. The molecule has 1 aromatic heterocycles. The second kappa shape index (κ2) is 7.55. The zero-order chi connectivity index (χ0) is 19.6. The Morgan fingerprint density at radius 1 is 1.19 bits per heavy atom. The van der Waals surface area contributed by atoms with Crippen molar-refractivity contribution < 1.29 is 18.4 Å². The Labute approximate surface area is 157 Å². The van der Waals surface area contributed by atoms with E-state index in [1.165, 1.54) is 17.7 Å². The number of halogens is 3. The van der Waals surface area contributed by atoms with Crippen LogP contribution in [0, 0.1) is 11.6 Å². The van der Waals surface area contributed by atoms with Gasteiger partial charge in [0.1, 0.15) is 17.3 Å². The molecular weight excluding hydrogens is 378 g/mol. The van der Waals surface area contributed by atoms with E-state index in [0.717, 1.165) is 6.07 Å². The van der Waals surface area contributed by atoms with Crippen molar-refractivity contribution in [3.8, 4) is 17.1 Å². The van der Waals surface area contributed by atoms with Gasteiger partial charge in [-0.3, -0.25) is 14.7 Å². The molecule has 1 heterocycles. The molecule has 0 aliphatic carbocycles. The minimum absolute atomic E-state index is 0.0142. The average molecular weight is 391 g/mol. The molecule has 0 atom stereocenters. The van der Waals surface area contributed by atoms with Crippen LogP contribution in [-0.4, -0.2) is 28.9 Å². The highest BCUT2D eigenvalue weighted by atomic mass is 35.5. The maximum atomic E-state index is 14.4. The van der Waals surface area contributed by atoms with Crippen molar-refractivity contribution >= 4 is 29.7 Å². The number of imidazole rings is 1. The molecule has 3 rings (SSSR count). The van der Waals surface area contributed by atoms with Gasteiger partial charge in [0.05, 0.1) is 5.56 Å². The number of hydrogen-bond donors (Lipinski definition) is 2. The average Bonchev–Trinajstić information content (AvgIpc) is 3.00. The van der Waals surface area contributed by atoms with Gasteiger partial charge < -0.3 is 5.32 Å². The van der Waals surface area contributed by atoms with E-state index in [4.69, 9.17) is 11.6 Å². The third kappa shape index (κ3) is 3.65. The summed E-state index contributed by atoms with van der Waals surface area (Å²) in [4.78, 5) is 27.6. The zero-order valence-electron chi connectivity index (χ0n) is 14.0. The first kappa shape index (κ1) is 18.5. The Balaban J connectivity index is 2.28. The highest BCUT2D eigenvalue weighted by Gasteiger charge is 2.22. The van der Waals surface area contributed by atoms with E-state index < -0.39 is 17.7 Å². The number of hydrogen-bond acceptors (Lipinski definition) is 3. The van der Waals surface area contributed by atoms with E-state index in [-0.39, 0.29) is 22.9 Å². The Kier molecular flexibility index (Phi) is 5.18. The highest BCUT2D eigenvalue weighted by Crippen LogP contribution is 2.31. The lowest BCUT2D eigenvalue weighted by molar-refractivity contribution is 0.111. The lowest BCUT2D eigenvalue weighted by atomic mass is 10.2. The highest BCUT2D eigenvalue weighted by molar-refractivity contribution is 6.30. The molecule has 9 heteroatoms. The summed E-state index contributed by atoms with van der Waals surface area (Å²) in [5.74, 6) is -1.67. The molecule has 0 saturated heterocycles. The van der Waals surface area contributed by atoms with Crippen molar-refractivity contribution in [1.29, 1.82) is 0 Å². The number of aromatic nitrogens is 2. The topological polar surface area (TPSA) is 76.0 Å². The fraction of sp³-hybridized carbons (Fsp3) is 0.0556. The molecule has 0 saturated carbocycles. The largest absolute Gasteiger partial charge is 0.341 e. The Morgan fingerprint density at radius 3 is 2.48 bits per heavy atom. The molecule has 6 nitrogen and oxygen atoms in total. The summed E-state index contributed by atoms with van der Waals surface area (Å²) in [5.41, 5.74) is 0.400. The smallest absolute Gasteiger partial charge is 0.320 e.